The zero-order valence-electron chi connectivity index (χ0n) is 22.6. The second kappa shape index (κ2) is 13.4. The summed E-state index contributed by atoms with van der Waals surface area (Å²) in [6.45, 7) is 4.93. The van der Waals surface area contributed by atoms with Crippen LogP contribution in [0.15, 0.2) is 107 Å². The molecule has 0 aliphatic heterocycles. The monoisotopic (exact) mass is 625 g/mol. The fourth-order valence-corrected chi connectivity index (χ4v) is 6.24. The molecule has 40 heavy (non-hydrogen) atoms. The Bertz CT molecular complexity index is 1510. The molecule has 4 rings (SSSR count). The van der Waals surface area contributed by atoms with Crippen LogP contribution in [0.3, 0.4) is 0 Å². The molecular formula is C31H33BrFN3O3S. The van der Waals surface area contributed by atoms with Crippen LogP contribution in [0.2, 0.25) is 0 Å². The largest absolute Gasteiger partial charge is 0.345 e. The van der Waals surface area contributed by atoms with Gasteiger partial charge in [0.15, 0.2) is 0 Å². The van der Waals surface area contributed by atoms with Gasteiger partial charge in [-0.15, -0.1) is 0 Å². The average Bonchev–Trinajstić information content (AvgIpc) is 3.36. The number of hydrogen-bond acceptors (Lipinski definition) is 3. The normalized spacial score (nSPS) is 11.8. The molecule has 0 fully saturated rings. The number of carbonyl (C=O) groups is 1. The van der Waals surface area contributed by atoms with Crippen LogP contribution in [0.5, 0.6) is 0 Å². The van der Waals surface area contributed by atoms with E-state index < -0.39 is 10.0 Å². The fourth-order valence-electron chi connectivity index (χ4n) is 4.43. The summed E-state index contributed by atoms with van der Waals surface area (Å²) in [5.41, 5.74) is 2.77. The van der Waals surface area contributed by atoms with Crippen LogP contribution >= 0.6 is 15.9 Å². The maximum absolute atomic E-state index is 13.9. The molecule has 6 nitrogen and oxygen atoms in total. The Labute approximate surface area is 244 Å². The van der Waals surface area contributed by atoms with Crippen molar-refractivity contribution in [2.24, 2.45) is 5.92 Å². The lowest BCUT2D eigenvalue weighted by Gasteiger charge is -2.29. The van der Waals surface area contributed by atoms with E-state index in [4.69, 9.17) is 0 Å². The zero-order valence-corrected chi connectivity index (χ0v) is 25.0. The second-order valence-corrected chi connectivity index (χ2v) is 13.0. The highest BCUT2D eigenvalue weighted by molar-refractivity contribution is 9.10. The first-order chi connectivity index (χ1) is 19.1. The SMILES string of the molecule is CC(C)CN(CC(=O)N(Cc1ccccc1)Cc1cccn1Cc1ccc(F)cc1)S(=O)(=O)c1ccc(Br)cc1. The van der Waals surface area contributed by atoms with Gasteiger partial charge in [0.2, 0.25) is 15.9 Å². The number of halogens is 2. The molecule has 0 atom stereocenters. The average molecular weight is 627 g/mol. The van der Waals surface area contributed by atoms with Gasteiger partial charge >= 0.3 is 0 Å². The number of rotatable bonds is 12. The van der Waals surface area contributed by atoms with Gasteiger partial charge in [0, 0.05) is 36.0 Å². The first-order valence-electron chi connectivity index (χ1n) is 13.1. The molecule has 0 unspecified atom stereocenters. The number of carbonyl (C=O) groups excluding carboxylic acids is 1. The maximum atomic E-state index is 13.9. The van der Waals surface area contributed by atoms with Crippen LogP contribution < -0.4 is 0 Å². The van der Waals surface area contributed by atoms with Gasteiger partial charge in [0.05, 0.1) is 18.0 Å². The van der Waals surface area contributed by atoms with E-state index in [1.807, 2.05) is 67.1 Å². The van der Waals surface area contributed by atoms with E-state index in [2.05, 4.69) is 15.9 Å². The summed E-state index contributed by atoms with van der Waals surface area (Å²) in [5.74, 6) is -0.562. The predicted octanol–water partition coefficient (Wildman–Crippen LogP) is 6.31. The molecule has 0 bridgehead atoms. The Balaban J connectivity index is 1.60. The van der Waals surface area contributed by atoms with E-state index in [1.165, 1.54) is 16.4 Å². The summed E-state index contributed by atoms with van der Waals surface area (Å²) in [6, 6.07) is 26.3. The van der Waals surface area contributed by atoms with Crippen molar-refractivity contribution < 1.29 is 17.6 Å². The van der Waals surface area contributed by atoms with E-state index in [-0.39, 0.29) is 42.2 Å². The third kappa shape index (κ3) is 7.90. The van der Waals surface area contributed by atoms with Crippen LogP contribution in [0.1, 0.15) is 30.7 Å². The topological polar surface area (TPSA) is 62.6 Å². The zero-order chi connectivity index (χ0) is 28.7. The second-order valence-electron chi connectivity index (χ2n) is 10.1. The molecule has 0 aliphatic carbocycles. The van der Waals surface area contributed by atoms with Crippen molar-refractivity contribution in [3.8, 4) is 0 Å². The van der Waals surface area contributed by atoms with E-state index in [9.17, 15) is 17.6 Å². The smallest absolute Gasteiger partial charge is 0.243 e. The fraction of sp³-hybridized carbons (Fsp3) is 0.258. The van der Waals surface area contributed by atoms with Gasteiger partial charge in [-0.05, 0) is 65.6 Å². The standard InChI is InChI=1S/C31H33BrFN3O3S/c1-24(2)19-36(40(38,39)30-16-12-27(32)13-17-30)23-31(37)35(21-25-7-4-3-5-8-25)22-29-9-6-18-34(29)20-26-10-14-28(33)15-11-26/h3-18,24H,19-23H2,1-2H3. The predicted molar refractivity (Wildman–Crippen MR) is 158 cm³/mol. The minimum Gasteiger partial charge on any atom is -0.345 e. The minimum absolute atomic E-state index is 0.0218. The number of aromatic nitrogens is 1. The Morgan fingerprint density at radius 3 is 2.20 bits per heavy atom. The van der Waals surface area contributed by atoms with Gasteiger partial charge < -0.3 is 9.47 Å². The van der Waals surface area contributed by atoms with Crippen molar-refractivity contribution in [3.63, 3.8) is 0 Å². The van der Waals surface area contributed by atoms with Gasteiger partial charge in [-0.25, -0.2) is 12.8 Å². The molecule has 0 N–H and O–H groups in total. The lowest BCUT2D eigenvalue weighted by atomic mass is 10.2. The summed E-state index contributed by atoms with van der Waals surface area (Å²) in [7, 11) is -3.90. The molecule has 1 heterocycles. The van der Waals surface area contributed by atoms with Gasteiger partial charge in [0.25, 0.3) is 0 Å². The van der Waals surface area contributed by atoms with Crippen molar-refractivity contribution in [1.29, 1.82) is 0 Å². The Morgan fingerprint density at radius 2 is 1.55 bits per heavy atom. The molecule has 0 radical (unpaired) electrons. The summed E-state index contributed by atoms with van der Waals surface area (Å²) in [6.07, 6.45) is 1.92. The summed E-state index contributed by atoms with van der Waals surface area (Å²) in [5, 5.41) is 0. The van der Waals surface area contributed by atoms with Gasteiger partial charge in [-0.1, -0.05) is 72.2 Å². The Hall–Kier alpha value is -3.27. The minimum atomic E-state index is -3.90. The van der Waals surface area contributed by atoms with Gasteiger partial charge in [0.1, 0.15) is 5.82 Å². The molecular weight excluding hydrogens is 593 g/mol. The van der Waals surface area contributed by atoms with E-state index in [0.29, 0.717) is 13.1 Å². The molecule has 0 saturated heterocycles. The molecule has 0 saturated carbocycles. The first kappa shape index (κ1) is 29.7. The molecule has 0 spiro atoms. The third-order valence-electron chi connectivity index (χ3n) is 6.44. The highest BCUT2D eigenvalue weighted by Gasteiger charge is 2.29. The first-order valence-corrected chi connectivity index (χ1v) is 15.3. The summed E-state index contributed by atoms with van der Waals surface area (Å²) < 4.78 is 44.7. The van der Waals surface area contributed by atoms with Crippen LogP contribution in [0.25, 0.3) is 0 Å². The number of benzene rings is 3. The highest BCUT2D eigenvalue weighted by atomic mass is 79.9. The molecule has 3 aromatic carbocycles. The number of nitrogens with zero attached hydrogens (tertiary/aromatic N) is 3. The Kier molecular flexibility index (Phi) is 9.95. The van der Waals surface area contributed by atoms with Gasteiger partial charge in [-0.2, -0.15) is 4.31 Å². The lowest BCUT2D eigenvalue weighted by Crippen LogP contribution is -2.44. The molecule has 1 aromatic heterocycles. The Morgan fingerprint density at radius 1 is 0.875 bits per heavy atom. The van der Waals surface area contributed by atoms with Crippen LogP contribution in [0.4, 0.5) is 4.39 Å². The van der Waals surface area contributed by atoms with Crippen LogP contribution in [0, 0.1) is 11.7 Å². The van der Waals surface area contributed by atoms with Gasteiger partial charge in [-0.3, -0.25) is 4.79 Å². The molecule has 0 aliphatic rings. The van der Waals surface area contributed by atoms with Crippen LogP contribution in [-0.2, 0) is 34.5 Å². The van der Waals surface area contributed by atoms with E-state index in [1.54, 1.807) is 41.3 Å². The van der Waals surface area contributed by atoms with Crippen LogP contribution in [-0.4, -0.2) is 41.2 Å². The van der Waals surface area contributed by atoms with E-state index >= 15 is 0 Å². The summed E-state index contributed by atoms with van der Waals surface area (Å²) in [4.78, 5) is 15.7. The quantitative estimate of drug-likeness (QED) is 0.185. The molecule has 210 valence electrons. The van der Waals surface area contributed by atoms with Crippen molar-refractivity contribution in [1.82, 2.24) is 13.8 Å². The van der Waals surface area contributed by atoms with E-state index in [0.717, 1.165) is 21.3 Å². The number of sulfonamides is 1. The van der Waals surface area contributed by atoms with Crippen molar-refractivity contribution in [2.45, 2.75) is 38.4 Å². The maximum Gasteiger partial charge on any atom is 0.243 e. The number of hydrogen-bond donors (Lipinski definition) is 0. The summed E-state index contributed by atoms with van der Waals surface area (Å²) >= 11 is 3.35. The molecule has 4 aromatic rings. The van der Waals surface area contributed by atoms with Crippen molar-refractivity contribution >= 4 is 31.9 Å². The lowest BCUT2D eigenvalue weighted by molar-refractivity contribution is -0.132. The van der Waals surface area contributed by atoms with Crippen molar-refractivity contribution in [2.75, 3.05) is 13.1 Å². The molecule has 9 heteroatoms. The molecule has 1 amide bonds. The van der Waals surface area contributed by atoms with Crippen molar-refractivity contribution in [3.05, 3.63) is 124 Å². The highest BCUT2D eigenvalue weighted by Crippen LogP contribution is 2.21. The number of amides is 1. The third-order valence-corrected chi connectivity index (χ3v) is 8.80.